The Bertz CT molecular complexity index is 675. The fraction of sp³-hybridized carbons (Fsp3) is 0.188. The number of amides is 1. The van der Waals surface area contributed by atoms with E-state index in [1.54, 1.807) is 50.4 Å². The zero-order chi connectivity index (χ0) is 15.6. The maximum Gasteiger partial charge on any atom is 0.254 e. The van der Waals surface area contributed by atoms with Crippen LogP contribution in [0, 0.1) is 5.82 Å². The second kappa shape index (κ2) is 6.26. The van der Waals surface area contributed by atoms with Gasteiger partial charge in [0.2, 0.25) is 0 Å². The first-order valence-corrected chi connectivity index (χ1v) is 7.27. The molecule has 2 rings (SSSR count). The molecule has 2 aromatic carbocycles. The first kappa shape index (κ1) is 15.5. The van der Waals surface area contributed by atoms with E-state index < -0.39 is 0 Å². The monoisotopic (exact) mass is 350 g/mol. The van der Waals surface area contributed by atoms with E-state index in [1.807, 2.05) is 0 Å². The molecule has 0 fully saturated rings. The summed E-state index contributed by atoms with van der Waals surface area (Å²) in [6.07, 6.45) is 0. The van der Waals surface area contributed by atoms with Gasteiger partial charge in [-0.2, -0.15) is 0 Å². The van der Waals surface area contributed by atoms with E-state index in [9.17, 15) is 9.18 Å². The molecule has 5 heteroatoms. The average Bonchev–Trinajstić information content (AvgIpc) is 2.48. The minimum atomic E-state index is -0.372. The molecular weight excluding hydrogens is 335 g/mol. The summed E-state index contributed by atoms with van der Waals surface area (Å²) in [6.45, 7) is 1.79. The highest BCUT2D eigenvalue weighted by Gasteiger charge is 2.21. The molecule has 0 aromatic heterocycles. The van der Waals surface area contributed by atoms with E-state index in [-0.39, 0.29) is 17.8 Å². The van der Waals surface area contributed by atoms with E-state index in [0.717, 1.165) is 4.47 Å². The second-order valence-electron chi connectivity index (χ2n) is 4.85. The van der Waals surface area contributed by atoms with E-state index in [2.05, 4.69) is 15.9 Å². The Morgan fingerprint density at radius 1 is 1.29 bits per heavy atom. The van der Waals surface area contributed by atoms with Crippen molar-refractivity contribution in [3.05, 3.63) is 63.9 Å². The predicted molar refractivity (Wildman–Crippen MR) is 85.5 cm³/mol. The van der Waals surface area contributed by atoms with Gasteiger partial charge in [0.05, 0.1) is 6.04 Å². The SMILES string of the molecule is CC(c1ccccc1F)N(C)C(=O)c1ccc(Br)c(N)c1. The van der Waals surface area contributed by atoms with Gasteiger partial charge < -0.3 is 10.6 Å². The summed E-state index contributed by atoms with van der Waals surface area (Å²) in [7, 11) is 1.65. The Morgan fingerprint density at radius 3 is 2.57 bits per heavy atom. The lowest BCUT2D eigenvalue weighted by Crippen LogP contribution is -2.30. The molecule has 21 heavy (non-hydrogen) atoms. The maximum absolute atomic E-state index is 13.8. The molecule has 0 spiro atoms. The number of hydrogen-bond acceptors (Lipinski definition) is 2. The van der Waals surface area contributed by atoms with E-state index in [1.165, 1.54) is 11.0 Å². The summed E-state index contributed by atoms with van der Waals surface area (Å²) >= 11 is 3.29. The zero-order valence-corrected chi connectivity index (χ0v) is 13.4. The van der Waals surface area contributed by atoms with Crippen LogP contribution >= 0.6 is 15.9 Å². The van der Waals surface area contributed by atoms with Crippen molar-refractivity contribution in [2.45, 2.75) is 13.0 Å². The average molecular weight is 351 g/mol. The lowest BCUT2D eigenvalue weighted by molar-refractivity contribution is 0.0740. The normalized spacial score (nSPS) is 12.0. The molecule has 0 saturated carbocycles. The van der Waals surface area contributed by atoms with Crippen molar-refractivity contribution < 1.29 is 9.18 Å². The van der Waals surface area contributed by atoms with Gasteiger partial charge in [0.25, 0.3) is 5.91 Å². The number of nitrogen functional groups attached to an aromatic ring is 1. The Hall–Kier alpha value is -1.88. The van der Waals surface area contributed by atoms with Crippen LogP contribution < -0.4 is 5.73 Å². The van der Waals surface area contributed by atoms with Gasteiger partial charge in [-0.05, 0) is 47.1 Å². The van der Waals surface area contributed by atoms with Crippen molar-refractivity contribution in [3.63, 3.8) is 0 Å². The van der Waals surface area contributed by atoms with Crippen LogP contribution in [0.25, 0.3) is 0 Å². The highest BCUT2D eigenvalue weighted by molar-refractivity contribution is 9.10. The third-order valence-corrected chi connectivity index (χ3v) is 4.22. The summed E-state index contributed by atoms with van der Waals surface area (Å²) in [5.41, 5.74) is 7.24. The molecule has 1 unspecified atom stereocenters. The number of rotatable bonds is 3. The number of hydrogen-bond donors (Lipinski definition) is 1. The summed E-state index contributed by atoms with van der Waals surface area (Å²) in [5, 5.41) is 0. The van der Waals surface area contributed by atoms with Gasteiger partial charge in [-0.1, -0.05) is 18.2 Å². The number of anilines is 1. The lowest BCUT2D eigenvalue weighted by Gasteiger charge is -2.26. The lowest BCUT2D eigenvalue weighted by atomic mass is 10.1. The molecule has 0 radical (unpaired) electrons. The minimum absolute atomic E-state index is 0.204. The van der Waals surface area contributed by atoms with Gasteiger partial charge in [0.15, 0.2) is 0 Å². The molecule has 0 heterocycles. The van der Waals surface area contributed by atoms with Crippen molar-refractivity contribution in [2.75, 3.05) is 12.8 Å². The Balaban J connectivity index is 2.26. The zero-order valence-electron chi connectivity index (χ0n) is 11.8. The van der Waals surface area contributed by atoms with Crippen LogP contribution in [0.1, 0.15) is 28.9 Å². The number of halogens is 2. The molecule has 1 amide bonds. The van der Waals surface area contributed by atoms with Crippen LogP contribution in [0.3, 0.4) is 0 Å². The molecule has 1 atom stereocenters. The largest absolute Gasteiger partial charge is 0.398 e. The minimum Gasteiger partial charge on any atom is -0.398 e. The van der Waals surface area contributed by atoms with Crippen molar-refractivity contribution in [3.8, 4) is 0 Å². The molecule has 3 nitrogen and oxygen atoms in total. The fourth-order valence-corrected chi connectivity index (χ4v) is 2.33. The van der Waals surface area contributed by atoms with Gasteiger partial charge in [-0.25, -0.2) is 4.39 Å². The number of carbonyl (C=O) groups is 1. The summed E-state index contributed by atoms with van der Waals surface area (Å²) in [5.74, 6) is -0.523. The fourth-order valence-electron chi connectivity index (χ4n) is 2.08. The van der Waals surface area contributed by atoms with Crippen molar-refractivity contribution in [2.24, 2.45) is 0 Å². The smallest absolute Gasteiger partial charge is 0.254 e. The predicted octanol–water partition coefficient (Wildman–Crippen LogP) is 4.00. The van der Waals surface area contributed by atoms with Crippen molar-refractivity contribution >= 4 is 27.5 Å². The topological polar surface area (TPSA) is 46.3 Å². The first-order valence-electron chi connectivity index (χ1n) is 6.48. The summed E-state index contributed by atoms with van der Waals surface area (Å²) < 4.78 is 14.6. The van der Waals surface area contributed by atoms with Crippen LogP contribution in [0.15, 0.2) is 46.9 Å². The third kappa shape index (κ3) is 3.24. The molecule has 0 saturated heterocycles. The highest BCUT2D eigenvalue weighted by atomic mass is 79.9. The molecular formula is C16H16BrFN2O. The molecule has 2 N–H and O–H groups in total. The Kier molecular flexibility index (Phi) is 4.63. The van der Waals surface area contributed by atoms with Gasteiger partial charge in [0, 0.05) is 28.3 Å². The number of nitrogens with two attached hydrogens (primary N) is 1. The molecule has 0 aliphatic heterocycles. The molecule has 0 aliphatic carbocycles. The maximum atomic E-state index is 13.8. The second-order valence-corrected chi connectivity index (χ2v) is 5.70. The van der Waals surface area contributed by atoms with Gasteiger partial charge in [0.1, 0.15) is 5.82 Å². The van der Waals surface area contributed by atoms with Crippen LogP contribution in [0.5, 0.6) is 0 Å². The number of carbonyl (C=O) groups excluding carboxylic acids is 1. The Morgan fingerprint density at radius 2 is 1.95 bits per heavy atom. The van der Waals surface area contributed by atoms with Crippen LogP contribution in [0.4, 0.5) is 10.1 Å². The van der Waals surface area contributed by atoms with E-state index in [4.69, 9.17) is 5.73 Å². The Labute approximate surface area is 131 Å². The van der Waals surface area contributed by atoms with Gasteiger partial charge in [-0.3, -0.25) is 4.79 Å². The van der Waals surface area contributed by atoms with Crippen molar-refractivity contribution in [1.82, 2.24) is 4.90 Å². The molecule has 0 bridgehead atoms. The molecule has 0 aliphatic rings. The van der Waals surface area contributed by atoms with E-state index >= 15 is 0 Å². The summed E-state index contributed by atoms with van der Waals surface area (Å²) in [6, 6.07) is 11.1. The van der Waals surface area contributed by atoms with E-state index in [0.29, 0.717) is 16.8 Å². The third-order valence-electron chi connectivity index (χ3n) is 3.50. The summed E-state index contributed by atoms with van der Waals surface area (Å²) in [4.78, 5) is 14.0. The quantitative estimate of drug-likeness (QED) is 0.850. The van der Waals surface area contributed by atoms with Crippen molar-refractivity contribution in [1.29, 1.82) is 0 Å². The van der Waals surface area contributed by atoms with Gasteiger partial charge >= 0.3 is 0 Å². The highest BCUT2D eigenvalue weighted by Crippen LogP contribution is 2.25. The standard InChI is InChI=1S/C16H16BrFN2O/c1-10(12-5-3-4-6-14(12)18)20(2)16(21)11-7-8-13(17)15(19)9-11/h3-10H,19H2,1-2H3. The number of benzene rings is 2. The van der Waals surface area contributed by atoms with Crippen LogP contribution in [-0.4, -0.2) is 17.9 Å². The molecule has 110 valence electrons. The van der Waals surface area contributed by atoms with Gasteiger partial charge in [-0.15, -0.1) is 0 Å². The molecule has 2 aromatic rings. The van der Waals surface area contributed by atoms with Crippen LogP contribution in [0.2, 0.25) is 0 Å². The number of nitrogens with zero attached hydrogens (tertiary/aromatic N) is 1. The first-order chi connectivity index (χ1) is 9.91. The van der Waals surface area contributed by atoms with Crippen LogP contribution in [-0.2, 0) is 0 Å².